The van der Waals surface area contributed by atoms with Crippen molar-refractivity contribution in [2.45, 2.75) is 63.3 Å². The minimum atomic E-state index is -2.60. The Kier molecular flexibility index (Phi) is 4.99. The zero-order chi connectivity index (χ0) is 19.7. The molecule has 2 saturated carbocycles. The highest BCUT2D eigenvalue weighted by Gasteiger charge is 2.35. The molecule has 9 heteroatoms. The second-order valence-electron chi connectivity index (χ2n) is 7.39. The SMILES string of the molecule is CCOC(=O)c1cc(NC2CCC(F)(F)CC2)nc(-n2ccc(C3CC3)n2)n1. The van der Waals surface area contributed by atoms with E-state index in [1.54, 1.807) is 13.1 Å². The van der Waals surface area contributed by atoms with Crippen molar-refractivity contribution < 1.29 is 18.3 Å². The van der Waals surface area contributed by atoms with Gasteiger partial charge in [-0.15, -0.1) is 0 Å². The lowest BCUT2D eigenvalue weighted by atomic mass is 9.92. The highest BCUT2D eigenvalue weighted by Crippen LogP contribution is 2.39. The topological polar surface area (TPSA) is 81.9 Å². The van der Waals surface area contributed by atoms with Crippen LogP contribution in [0.1, 0.15) is 67.5 Å². The molecule has 2 aromatic heterocycles. The van der Waals surface area contributed by atoms with Gasteiger partial charge in [0.15, 0.2) is 5.69 Å². The van der Waals surface area contributed by atoms with Gasteiger partial charge in [-0.25, -0.2) is 23.2 Å². The van der Waals surface area contributed by atoms with E-state index in [0.717, 1.165) is 18.5 Å². The lowest BCUT2D eigenvalue weighted by Crippen LogP contribution is -2.32. The molecule has 0 bridgehead atoms. The quantitative estimate of drug-likeness (QED) is 0.756. The number of aromatic nitrogens is 4. The number of rotatable bonds is 6. The smallest absolute Gasteiger partial charge is 0.357 e. The van der Waals surface area contributed by atoms with Crippen LogP contribution in [0.3, 0.4) is 0 Å². The number of ether oxygens (including phenoxy) is 1. The van der Waals surface area contributed by atoms with E-state index in [2.05, 4.69) is 20.4 Å². The van der Waals surface area contributed by atoms with E-state index in [4.69, 9.17) is 4.74 Å². The maximum Gasteiger partial charge on any atom is 0.357 e. The van der Waals surface area contributed by atoms with Crippen LogP contribution in [0.5, 0.6) is 0 Å². The Morgan fingerprint density at radius 1 is 1.29 bits per heavy atom. The van der Waals surface area contributed by atoms with Crippen molar-refractivity contribution in [2.75, 3.05) is 11.9 Å². The molecule has 2 aliphatic rings. The van der Waals surface area contributed by atoms with Crippen molar-refractivity contribution in [3.63, 3.8) is 0 Å². The van der Waals surface area contributed by atoms with Gasteiger partial charge in [-0.1, -0.05) is 0 Å². The molecule has 1 N–H and O–H groups in total. The van der Waals surface area contributed by atoms with Crippen LogP contribution < -0.4 is 5.32 Å². The number of carbonyl (C=O) groups is 1. The van der Waals surface area contributed by atoms with E-state index < -0.39 is 11.9 Å². The molecule has 0 spiro atoms. The van der Waals surface area contributed by atoms with E-state index in [-0.39, 0.29) is 37.1 Å². The molecule has 150 valence electrons. The summed E-state index contributed by atoms with van der Waals surface area (Å²) in [7, 11) is 0. The van der Waals surface area contributed by atoms with Crippen LogP contribution in [-0.4, -0.2) is 44.3 Å². The van der Waals surface area contributed by atoms with E-state index in [1.165, 1.54) is 10.7 Å². The number of nitrogens with zero attached hydrogens (tertiary/aromatic N) is 4. The molecule has 0 atom stereocenters. The molecule has 0 unspecified atom stereocenters. The van der Waals surface area contributed by atoms with Crippen LogP contribution in [0.2, 0.25) is 0 Å². The van der Waals surface area contributed by atoms with Crippen LogP contribution in [0, 0.1) is 0 Å². The number of hydrogen-bond donors (Lipinski definition) is 1. The molecular weight excluding hydrogens is 368 g/mol. The van der Waals surface area contributed by atoms with Crippen LogP contribution in [0.4, 0.5) is 14.6 Å². The van der Waals surface area contributed by atoms with Gasteiger partial charge in [0.1, 0.15) is 5.82 Å². The standard InChI is InChI=1S/C19H23F2N5O2/c1-2-28-17(27)15-11-16(22-13-5-8-19(20,21)9-6-13)24-18(23-15)26-10-7-14(25-26)12-3-4-12/h7,10-13H,2-6,8-9H2,1H3,(H,22,23,24). The Bertz CT molecular complexity index is 856. The molecule has 28 heavy (non-hydrogen) atoms. The van der Waals surface area contributed by atoms with Gasteiger partial charge in [-0.2, -0.15) is 10.1 Å². The van der Waals surface area contributed by atoms with Gasteiger partial charge in [-0.05, 0) is 38.7 Å². The molecule has 2 aliphatic carbocycles. The molecule has 4 rings (SSSR count). The third kappa shape index (κ3) is 4.28. The highest BCUT2D eigenvalue weighted by atomic mass is 19.3. The number of alkyl halides is 2. The van der Waals surface area contributed by atoms with Crippen molar-refractivity contribution in [3.05, 3.63) is 29.7 Å². The number of hydrogen-bond acceptors (Lipinski definition) is 6. The minimum absolute atomic E-state index is 0.110. The average Bonchev–Trinajstić information content (AvgIpc) is 3.40. The zero-order valence-corrected chi connectivity index (χ0v) is 15.7. The summed E-state index contributed by atoms with van der Waals surface area (Å²) in [5, 5.41) is 7.68. The Morgan fingerprint density at radius 2 is 2.04 bits per heavy atom. The number of anilines is 1. The third-order valence-electron chi connectivity index (χ3n) is 5.08. The predicted octanol–water partition coefficient (Wildman–Crippen LogP) is 3.71. The maximum absolute atomic E-state index is 13.4. The Balaban J connectivity index is 1.59. The van der Waals surface area contributed by atoms with Crippen molar-refractivity contribution in [1.82, 2.24) is 19.7 Å². The van der Waals surface area contributed by atoms with Gasteiger partial charge in [-0.3, -0.25) is 0 Å². The van der Waals surface area contributed by atoms with E-state index in [1.807, 2.05) is 6.07 Å². The van der Waals surface area contributed by atoms with Gasteiger partial charge in [0.2, 0.25) is 5.92 Å². The normalized spacial score (nSPS) is 19.4. The fraction of sp³-hybridized carbons (Fsp3) is 0.579. The number of esters is 1. The predicted molar refractivity (Wildman–Crippen MR) is 97.9 cm³/mol. The lowest BCUT2D eigenvalue weighted by molar-refractivity contribution is -0.0361. The number of carbonyl (C=O) groups excluding carboxylic acids is 1. The van der Waals surface area contributed by atoms with Crippen molar-refractivity contribution >= 4 is 11.8 Å². The van der Waals surface area contributed by atoms with E-state index in [9.17, 15) is 13.6 Å². The molecule has 0 amide bonds. The first-order valence-electron chi connectivity index (χ1n) is 9.70. The van der Waals surface area contributed by atoms with Crippen LogP contribution in [0.25, 0.3) is 5.95 Å². The number of halogens is 2. The van der Waals surface area contributed by atoms with E-state index >= 15 is 0 Å². The second kappa shape index (κ2) is 7.44. The average molecular weight is 391 g/mol. The largest absolute Gasteiger partial charge is 0.461 e. The van der Waals surface area contributed by atoms with Gasteiger partial charge in [0.05, 0.1) is 12.3 Å². The maximum atomic E-state index is 13.4. The molecule has 0 aromatic carbocycles. The van der Waals surface area contributed by atoms with Crippen LogP contribution in [0.15, 0.2) is 18.3 Å². The lowest BCUT2D eigenvalue weighted by Gasteiger charge is -2.29. The molecule has 0 saturated heterocycles. The summed E-state index contributed by atoms with van der Waals surface area (Å²) < 4.78 is 33.4. The first-order valence-corrected chi connectivity index (χ1v) is 9.70. The summed E-state index contributed by atoms with van der Waals surface area (Å²) in [6.07, 6.45) is 4.39. The highest BCUT2D eigenvalue weighted by molar-refractivity contribution is 5.88. The molecule has 7 nitrogen and oxygen atoms in total. The minimum Gasteiger partial charge on any atom is -0.461 e. The van der Waals surface area contributed by atoms with Gasteiger partial charge in [0.25, 0.3) is 5.95 Å². The van der Waals surface area contributed by atoms with Crippen LogP contribution in [-0.2, 0) is 4.74 Å². The fourth-order valence-electron chi connectivity index (χ4n) is 3.36. The Morgan fingerprint density at radius 3 is 2.71 bits per heavy atom. The molecule has 2 aromatic rings. The first-order chi connectivity index (χ1) is 13.4. The summed E-state index contributed by atoms with van der Waals surface area (Å²) in [5.74, 6) is -2.01. The summed E-state index contributed by atoms with van der Waals surface area (Å²) >= 11 is 0. The molecule has 0 radical (unpaired) electrons. The summed E-state index contributed by atoms with van der Waals surface area (Å²) in [6, 6.07) is 3.30. The second-order valence-corrected chi connectivity index (χ2v) is 7.39. The van der Waals surface area contributed by atoms with Crippen molar-refractivity contribution in [1.29, 1.82) is 0 Å². The summed E-state index contributed by atoms with van der Waals surface area (Å²) in [5.41, 5.74) is 1.09. The molecular formula is C19H23F2N5O2. The summed E-state index contributed by atoms with van der Waals surface area (Å²) in [6.45, 7) is 1.95. The van der Waals surface area contributed by atoms with Crippen molar-refractivity contribution in [2.24, 2.45) is 0 Å². The molecule has 2 heterocycles. The van der Waals surface area contributed by atoms with Gasteiger partial charge < -0.3 is 10.1 Å². The first kappa shape index (κ1) is 18.8. The Hall–Kier alpha value is -2.58. The van der Waals surface area contributed by atoms with E-state index in [0.29, 0.717) is 24.6 Å². The monoisotopic (exact) mass is 391 g/mol. The fourth-order valence-corrected chi connectivity index (χ4v) is 3.36. The van der Waals surface area contributed by atoms with Gasteiger partial charge >= 0.3 is 5.97 Å². The number of nitrogens with one attached hydrogen (secondary N) is 1. The molecule has 0 aliphatic heterocycles. The third-order valence-corrected chi connectivity index (χ3v) is 5.08. The van der Waals surface area contributed by atoms with Crippen LogP contribution >= 0.6 is 0 Å². The van der Waals surface area contributed by atoms with Crippen molar-refractivity contribution in [3.8, 4) is 5.95 Å². The summed E-state index contributed by atoms with van der Waals surface area (Å²) in [4.78, 5) is 21.0. The zero-order valence-electron chi connectivity index (χ0n) is 15.7. The molecule has 2 fully saturated rings. The Labute approximate surface area is 161 Å². The van der Waals surface area contributed by atoms with Gasteiger partial charge in [0, 0.05) is 37.1 Å².